The van der Waals surface area contributed by atoms with E-state index in [0.29, 0.717) is 5.76 Å². The van der Waals surface area contributed by atoms with Crippen LogP contribution in [0.15, 0.2) is 10.6 Å². The summed E-state index contributed by atoms with van der Waals surface area (Å²) in [7, 11) is 0. The maximum atomic E-state index is 11.4. The summed E-state index contributed by atoms with van der Waals surface area (Å²) in [6.07, 6.45) is 0. The molecule has 0 aromatic carbocycles. The molecule has 0 radical (unpaired) electrons. The van der Waals surface area contributed by atoms with E-state index in [9.17, 15) is 9.59 Å². The van der Waals surface area contributed by atoms with E-state index >= 15 is 0 Å². The van der Waals surface area contributed by atoms with Gasteiger partial charge in [-0.05, 0) is 20.8 Å². The van der Waals surface area contributed by atoms with Crippen LogP contribution in [-0.2, 0) is 11.3 Å². The van der Waals surface area contributed by atoms with Crippen molar-refractivity contribution in [3.63, 3.8) is 0 Å². The van der Waals surface area contributed by atoms with Crippen molar-refractivity contribution in [2.24, 2.45) is 0 Å². The SMILES string of the molecule is CC(C)(C)NC(=O)CNCc1cc(C(=O)O)no1. The highest BCUT2D eigenvalue weighted by Crippen LogP contribution is 2.03. The molecular formula is C11H17N3O4. The number of nitrogens with zero attached hydrogens (tertiary/aromatic N) is 1. The van der Waals surface area contributed by atoms with Gasteiger partial charge in [-0.25, -0.2) is 4.79 Å². The van der Waals surface area contributed by atoms with Gasteiger partial charge in [0.1, 0.15) is 0 Å². The summed E-state index contributed by atoms with van der Waals surface area (Å²) in [6.45, 7) is 6.04. The molecule has 0 fully saturated rings. The molecule has 0 aliphatic carbocycles. The van der Waals surface area contributed by atoms with E-state index in [1.807, 2.05) is 20.8 Å². The Morgan fingerprint density at radius 3 is 2.61 bits per heavy atom. The number of aromatic carboxylic acids is 1. The number of rotatable bonds is 5. The van der Waals surface area contributed by atoms with Crippen LogP contribution < -0.4 is 10.6 Å². The van der Waals surface area contributed by atoms with Crippen molar-refractivity contribution < 1.29 is 19.2 Å². The van der Waals surface area contributed by atoms with E-state index in [0.717, 1.165) is 0 Å². The molecule has 1 aromatic rings. The molecule has 0 aliphatic heterocycles. The smallest absolute Gasteiger partial charge is 0.358 e. The Bertz CT molecular complexity index is 434. The summed E-state index contributed by atoms with van der Waals surface area (Å²) >= 11 is 0. The number of nitrogens with one attached hydrogen (secondary N) is 2. The van der Waals surface area contributed by atoms with Crippen LogP contribution in [0, 0.1) is 0 Å². The number of carboxylic acid groups (broad SMARTS) is 1. The second-order valence-electron chi connectivity index (χ2n) is 4.89. The van der Waals surface area contributed by atoms with Gasteiger partial charge in [0.15, 0.2) is 11.5 Å². The summed E-state index contributed by atoms with van der Waals surface area (Å²) in [5, 5.41) is 17.6. The van der Waals surface area contributed by atoms with Gasteiger partial charge in [-0.1, -0.05) is 5.16 Å². The fourth-order valence-electron chi connectivity index (χ4n) is 1.26. The molecule has 1 heterocycles. The van der Waals surface area contributed by atoms with Gasteiger partial charge in [0.05, 0.1) is 13.1 Å². The Morgan fingerprint density at radius 2 is 2.11 bits per heavy atom. The molecular weight excluding hydrogens is 238 g/mol. The molecule has 7 heteroatoms. The minimum absolute atomic E-state index is 0.125. The van der Waals surface area contributed by atoms with Gasteiger partial charge in [0, 0.05) is 11.6 Å². The highest BCUT2D eigenvalue weighted by molar-refractivity contribution is 5.85. The predicted molar refractivity (Wildman–Crippen MR) is 63.1 cm³/mol. The highest BCUT2D eigenvalue weighted by Gasteiger charge is 2.14. The summed E-state index contributed by atoms with van der Waals surface area (Å²) in [5.74, 6) is -0.910. The van der Waals surface area contributed by atoms with Gasteiger partial charge in [-0.3, -0.25) is 4.79 Å². The number of hydrogen-bond donors (Lipinski definition) is 3. The largest absolute Gasteiger partial charge is 0.476 e. The molecule has 0 saturated carbocycles. The molecule has 7 nitrogen and oxygen atoms in total. The summed E-state index contributed by atoms with van der Waals surface area (Å²) in [5.41, 5.74) is -0.424. The average molecular weight is 255 g/mol. The summed E-state index contributed by atoms with van der Waals surface area (Å²) in [4.78, 5) is 22.0. The monoisotopic (exact) mass is 255 g/mol. The maximum absolute atomic E-state index is 11.4. The van der Waals surface area contributed by atoms with Crippen LogP contribution in [0.25, 0.3) is 0 Å². The second kappa shape index (κ2) is 5.63. The van der Waals surface area contributed by atoms with Gasteiger partial charge >= 0.3 is 5.97 Å². The zero-order chi connectivity index (χ0) is 13.8. The van der Waals surface area contributed by atoms with Crippen molar-refractivity contribution in [1.29, 1.82) is 0 Å². The molecule has 100 valence electrons. The topological polar surface area (TPSA) is 104 Å². The lowest BCUT2D eigenvalue weighted by molar-refractivity contribution is -0.121. The lowest BCUT2D eigenvalue weighted by Crippen LogP contribution is -2.44. The van der Waals surface area contributed by atoms with Crippen LogP contribution in [0.1, 0.15) is 37.0 Å². The van der Waals surface area contributed by atoms with Crippen LogP contribution in [-0.4, -0.2) is 34.2 Å². The number of carbonyl (C=O) groups is 2. The zero-order valence-electron chi connectivity index (χ0n) is 10.6. The van der Waals surface area contributed by atoms with Gasteiger partial charge < -0.3 is 20.3 Å². The van der Waals surface area contributed by atoms with E-state index in [1.165, 1.54) is 6.07 Å². The van der Waals surface area contributed by atoms with E-state index in [-0.39, 0.29) is 30.2 Å². The second-order valence-corrected chi connectivity index (χ2v) is 4.89. The molecule has 1 aromatic heterocycles. The minimum Gasteiger partial charge on any atom is -0.476 e. The molecule has 0 spiro atoms. The number of carbonyl (C=O) groups excluding carboxylic acids is 1. The van der Waals surface area contributed by atoms with Crippen molar-refractivity contribution in [2.45, 2.75) is 32.9 Å². The molecule has 3 N–H and O–H groups in total. The molecule has 0 bridgehead atoms. The third-order valence-corrected chi connectivity index (χ3v) is 1.88. The van der Waals surface area contributed by atoms with Crippen molar-refractivity contribution in [3.05, 3.63) is 17.5 Å². The molecule has 0 saturated heterocycles. The molecule has 0 atom stereocenters. The van der Waals surface area contributed by atoms with Crippen molar-refractivity contribution in [3.8, 4) is 0 Å². The first-order valence-electron chi connectivity index (χ1n) is 5.48. The molecule has 18 heavy (non-hydrogen) atoms. The fraction of sp³-hybridized carbons (Fsp3) is 0.545. The average Bonchev–Trinajstić information content (AvgIpc) is 2.63. The molecule has 0 unspecified atom stereocenters. The molecule has 0 aliphatic rings. The normalized spacial score (nSPS) is 11.3. The standard InChI is InChI=1S/C11H17N3O4/c1-11(2,3)13-9(15)6-12-5-7-4-8(10(16)17)14-18-7/h4,12H,5-6H2,1-3H3,(H,13,15)(H,16,17). The maximum Gasteiger partial charge on any atom is 0.358 e. The molecule has 1 amide bonds. The van der Waals surface area contributed by atoms with Crippen LogP contribution in [0.4, 0.5) is 0 Å². The number of aromatic nitrogens is 1. The van der Waals surface area contributed by atoms with E-state index in [4.69, 9.17) is 9.63 Å². The summed E-state index contributed by atoms with van der Waals surface area (Å²) in [6, 6.07) is 1.32. The predicted octanol–water partition coefficient (Wildman–Crippen LogP) is 0.377. The van der Waals surface area contributed by atoms with Gasteiger partial charge in [0.25, 0.3) is 0 Å². The van der Waals surface area contributed by atoms with Crippen LogP contribution >= 0.6 is 0 Å². The van der Waals surface area contributed by atoms with Crippen LogP contribution in [0.3, 0.4) is 0 Å². The van der Waals surface area contributed by atoms with Crippen molar-refractivity contribution >= 4 is 11.9 Å². The summed E-state index contributed by atoms with van der Waals surface area (Å²) < 4.78 is 4.78. The van der Waals surface area contributed by atoms with Crippen molar-refractivity contribution in [1.82, 2.24) is 15.8 Å². The van der Waals surface area contributed by atoms with Gasteiger partial charge in [-0.15, -0.1) is 0 Å². The number of amides is 1. The van der Waals surface area contributed by atoms with Crippen LogP contribution in [0.5, 0.6) is 0 Å². The lowest BCUT2D eigenvalue weighted by Gasteiger charge is -2.20. The van der Waals surface area contributed by atoms with E-state index < -0.39 is 5.97 Å². The fourth-order valence-corrected chi connectivity index (χ4v) is 1.26. The Morgan fingerprint density at radius 1 is 1.44 bits per heavy atom. The van der Waals surface area contributed by atoms with Gasteiger partial charge in [-0.2, -0.15) is 0 Å². The first kappa shape index (κ1) is 14.2. The Hall–Kier alpha value is -1.89. The lowest BCUT2D eigenvalue weighted by atomic mass is 10.1. The van der Waals surface area contributed by atoms with Crippen molar-refractivity contribution in [2.75, 3.05) is 6.54 Å². The Balaban J connectivity index is 2.33. The zero-order valence-corrected chi connectivity index (χ0v) is 10.6. The molecule has 1 rings (SSSR count). The number of carboxylic acids is 1. The Labute approximate surface area is 105 Å². The quantitative estimate of drug-likeness (QED) is 0.702. The Kier molecular flexibility index (Phi) is 4.43. The minimum atomic E-state index is -1.14. The van der Waals surface area contributed by atoms with Gasteiger partial charge in [0.2, 0.25) is 5.91 Å². The van der Waals surface area contributed by atoms with E-state index in [2.05, 4.69) is 15.8 Å². The van der Waals surface area contributed by atoms with Crippen LogP contribution in [0.2, 0.25) is 0 Å². The first-order chi connectivity index (χ1) is 8.28. The first-order valence-corrected chi connectivity index (χ1v) is 5.48. The highest BCUT2D eigenvalue weighted by atomic mass is 16.5. The van der Waals surface area contributed by atoms with E-state index in [1.54, 1.807) is 0 Å². The third-order valence-electron chi connectivity index (χ3n) is 1.88. The number of hydrogen-bond acceptors (Lipinski definition) is 5. The third kappa shape index (κ3) is 4.96.